The van der Waals surface area contributed by atoms with Crippen LogP contribution in [0.15, 0.2) is 206 Å². The smallest absolute Gasteiger partial charge is 0.0546 e. The number of benzene rings is 9. The number of fused-ring (bicyclic) bond motifs is 7. The molecule has 11 aromatic rings. The van der Waals surface area contributed by atoms with Crippen LogP contribution in [0.2, 0.25) is 0 Å². The predicted octanol–water partition coefficient (Wildman–Crippen LogP) is 14.0. The molecule has 11 rings (SSSR count). The van der Waals surface area contributed by atoms with Gasteiger partial charge in [-0.2, -0.15) is 0 Å². The molecule has 2 heterocycles. The number of rotatable bonds is 5. The van der Waals surface area contributed by atoms with Crippen molar-refractivity contribution in [3.05, 3.63) is 206 Å². The highest BCUT2D eigenvalue weighted by Crippen LogP contribution is 2.41. The van der Waals surface area contributed by atoms with Crippen molar-refractivity contribution in [1.82, 2.24) is 9.13 Å². The van der Waals surface area contributed by atoms with Crippen molar-refractivity contribution < 1.29 is 0 Å². The molecular weight excluding hydrogens is 653 g/mol. The van der Waals surface area contributed by atoms with Crippen LogP contribution in [0.4, 0.5) is 0 Å². The summed E-state index contributed by atoms with van der Waals surface area (Å²) in [5.74, 6) is 0. The second-order valence-corrected chi connectivity index (χ2v) is 14.2. The average Bonchev–Trinajstić information content (AvgIpc) is 3.76. The van der Waals surface area contributed by atoms with Crippen molar-refractivity contribution in [2.24, 2.45) is 0 Å². The molecule has 0 saturated heterocycles. The van der Waals surface area contributed by atoms with Gasteiger partial charge in [0.25, 0.3) is 0 Å². The standard InChI is InChI=1S/C52H34N2/c1-3-14-35(15-4-1)37-20-13-21-42(30-37)53-48-24-11-9-22-43(48)46-32-40(26-28-50(46)53)41-27-29-51-47(33-41)44-23-10-12-25-49(44)54(51)52-34-39-19-8-7-18-38(39)31-45(52)36-16-5-2-6-17-36/h1-34H. The monoisotopic (exact) mass is 686 g/mol. The molecule has 0 aliphatic rings. The number of hydrogen-bond acceptors (Lipinski definition) is 0. The third-order valence-electron chi connectivity index (χ3n) is 11.1. The minimum atomic E-state index is 1.16. The first-order valence-electron chi connectivity index (χ1n) is 18.6. The van der Waals surface area contributed by atoms with Gasteiger partial charge in [0.05, 0.1) is 27.8 Å². The Bertz CT molecular complexity index is 3200. The Kier molecular flexibility index (Phi) is 6.90. The topological polar surface area (TPSA) is 9.86 Å². The lowest BCUT2D eigenvalue weighted by Gasteiger charge is -2.16. The van der Waals surface area contributed by atoms with Gasteiger partial charge in [-0.3, -0.25) is 0 Å². The van der Waals surface area contributed by atoms with E-state index >= 15 is 0 Å². The third kappa shape index (κ3) is 4.81. The third-order valence-corrected chi connectivity index (χ3v) is 11.1. The molecule has 2 heteroatoms. The molecule has 0 bridgehead atoms. The molecule has 0 N–H and O–H groups in total. The predicted molar refractivity (Wildman–Crippen MR) is 229 cm³/mol. The van der Waals surface area contributed by atoms with Gasteiger partial charge in [-0.1, -0.05) is 146 Å². The molecule has 2 nitrogen and oxygen atoms in total. The maximum absolute atomic E-state index is 2.46. The lowest BCUT2D eigenvalue weighted by molar-refractivity contribution is 1.18. The van der Waals surface area contributed by atoms with Crippen LogP contribution in [0.5, 0.6) is 0 Å². The summed E-state index contributed by atoms with van der Waals surface area (Å²) in [7, 11) is 0. The van der Waals surface area contributed by atoms with Crippen LogP contribution in [0.1, 0.15) is 0 Å². The van der Waals surface area contributed by atoms with Gasteiger partial charge >= 0.3 is 0 Å². The molecule has 0 aliphatic heterocycles. The lowest BCUT2D eigenvalue weighted by Crippen LogP contribution is -1.98. The summed E-state index contributed by atoms with van der Waals surface area (Å²) in [6.07, 6.45) is 0. The van der Waals surface area contributed by atoms with Crippen molar-refractivity contribution in [1.29, 1.82) is 0 Å². The molecule has 0 aliphatic carbocycles. The van der Waals surface area contributed by atoms with Crippen LogP contribution >= 0.6 is 0 Å². The van der Waals surface area contributed by atoms with E-state index in [1.807, 2.05) is 0 Å². The van der Waals surface area contributed by atoms with Gasteiger partial charge in [0.2, 0.25) is 0 Å². The van der Waals surface area contributed by atoms with Crippen LogP contribution in [0.3, 0.4) is 0 Å². The molecule has 252 valence electrons. The molecule has 0 amide bonds. The minimum Gasteiger partial charge on any atom is -0.309 e. The Hall–Kier alpha value is -7.16. The van der Waals surface area contributed by atoms with Gasteiger partial charge < -0.3 is 9.13 Å². The molecular formula is C52H34N2. The van der Waals surface area contributed by atoms with Crippen LogP contribution in [0.25, 0.3) is 99.1 Å². The zero-order chi connectivity index (χ0) is 35.6. The van der Waals surface area contributed by atoms with Crippen molar-refractivity contribution in [3.8, 4) is 44.8 Å². The Morgan fingerprint density at radius 3 is 1.41 bits per heavy atom. The quantitative estimate of drug-likeness (QED) is 0.171. The summed E-state index contributed by atoms with van der Waals surface area (Å²) in [6, 6.07) is 75.2. The fourth-order valence-corrected chi connectivity index (χ4v) is 8.56. The highest BCUT2D eigenvalue weighted by atomic mass is 15.0. The summed E-state index contributed by atoms with van der Waals surface area (Å²) < 4.78 is 4.87. The van der Waals surface area contributed by atoms with Crippen LogP contribution in [-0.2, 0) is 0 Å². The van der Waals surface area contributed by atoms with Gasteiger partial charge in [0.1, 0.15) is 0 Å². The van der Waals surface area contributed by atoms with Gasteiger partial charge in [0, 0.05) is 32.8 Å². The first kappa shape index (κ1) is 30.5. The minimum absolute atomic E-state index is 1.16. The van der Waals surface area contributed by atoms with E-state index < -0.39 is 0 Å². The van der Waals surface area contributed by atoms with E-state index in [-0.39, 0.29) is 0 Å². The number of nitrogens with zero attached hydrogens (tertiary/aromatic N) is 2. The molecule has 2 aromatic heterocycles. The second-order valence-electron chi connectivity index (χ2n) is 14.2. The zero-order valence-electron chi connectivity index (χ0n) is 29.5. The molecule has 0 atom stereocenters. The van der Waals surface area contributed by atoms with E-state index in [0.29, 0.717) is 0 Å². The first-order valence-corrected chi connectivity index (χ1v) is 18.6. The van der Waals surface area contributed by atoms with E-state index in [9.17, 15) is 0 Å². The Morgan fingerprint density at radius 1 is 0.259 bits per heavy atom. The molecule has 54 heavy (non-hydrogen) atoms. The van der Waals surface area contributed by atoms with Gasteiger partial charge in [0.15, 0.2) is 0 Å². The average molecular weight is 687 g/mol. The van der Waals surface area contributed by atoms with Crippen LogP contribution < -0.4 is 0 Å². The van der Waals surface area contributed by atoms with Crippen molar-refractivity contribution in [3.63, 3.8) is 0 Å². The molecule has 0 unspecified atom stereocenters. The van der Waals surface area contributed by atoms with E-state index in [4.69, 9.17) is 0 Å². The van der Waals surface area contributed by atoms with Gasteiger partial charge in [-0.15, -0.1) is 0 Å². The molecule has 0 saturated carbocycles. The van der Waals surface area contributed by atoms with E-state index in [1.165, 1.54) is 93.5 Å². The molecule has 0 spiro atoms. The van der Waals surface area contributed by atoms with E-state index in [2.05, 4.69) is 215 Å². The molecule has 9 aromatic carbocycles. The maximum atomic E-state index is 2.46. The lowest BCUT2D eigenvalue weighted by atomic mass is 9.98. The number of para-hydroxylation sites is 2. The summed E-state index contributed by atoms with van der Waals surface area (Å²) in [5, 5.41) is 7.46. The fourth-order valence-electron chi connectivity index (χ4n) is 8.56. The van der Waals surface area contributed by atoms with E-state index in [0.717, 1.165) is 5.69 Å². The Labute approximate surface area is 313 Å². The number of hydrogen-bond donors (Lipinski definition) is 0. The SMILES string of the molecule is c1ccc(-c2cccc(-n3c4ccccc4c4cc(-c5ccc6c(c5)c5ccccc5n6-c5cc6ccccc6cc5-c5ccccc5)ccc43)c2)cc1. The largest absolute Gasteiger partial charge is 0.309 e. The summed E-state index contributed by atoms with van der Waals surface area (Å²) in [4.78, 5) is 0. The summed E-state index contributed by atoms with van der Waals surface area (Å²) >= 11 is 0. The summed E-state index contributed by atoms with van der Waals surface area (Å²) in [6.45, 7) is 0. The first-order chi connectivity index (χ1) is 26.8. The van der Waals surface area contributed by atoms with E-state index in [1.54, 1.807) is 0 Å². The molecule has 0 radical (unpaired) electrons. The highest BCUT2D eigenvalue weighted by Gasteiger charge is 2.18. The maximum Gasteiger partial charge on any atom is 0.0546 e. The molecule has 0 fully saturated rings. The normalized spacial score (nSPS) is 11.7. The number of aromatic nitrogens is 2. The zero-order valence-corrected chi connectivity index (χ0v) is 29.5. The van der Waals surface area contributed by atoms with Crippen molar-refractivity contribution in [2.45, 2.75) is 0 Å². The van der Waals surface area contributed by atoms with Gasteiger partial charge in [-0.05, 0) is 99.3 Å². The second kappa shape index (κ2) is 12.2. The Morgan fingerprint density at radius 2 is 0.741 bits per heavy atom. The van der Waals surface area contributed by atoms with Crippen LogP contribution in [-0.4, -0.2) is 9.13 Å². The highest BCUT2D eigenvalue weighted by molar-refractivity contribution is 6.13. The fraction of sp³-hybridized carbons (Fsp3) is 0. The van der Waals surface area contributed by atoms with Crippen molar-refractivity contribution in [2.75, 3.05) is 0 Å². The van der Waals surface area contributed by atoms with Crippen LogP contribution in [0, 0.1) is 0 Å². The summed E-state index contributed by atoms with van der Waals surface area (Å²) in [5.41, 5.74) is 14.4. The van der Waals surface area contributed by atoms with Crippen molar-refractivity contribution >= 4 is 54.4 Å². The Balaban J connectivity index is 1.10. The van der Waals surface area contributed by atoms with Gasteiger partial charge in [-0.25, -0.2) is 0 Å².